The van der Waals surface area contributed by atoms with E-state index in [9.17, 15) is 4.79 Å². The third kappa shape index (κ3) is 3.62. The predicted octanol–water partition coefficient (Wildman–Crippen LogP) is 3.34. The second-order valence-corrected chi connectivity index (χ2v) is 7.58. The lowest BCUT2D eigenvalue weighted by Gasteiger charge is -2.21. The number of hydrogen-bond acceptors (Lipinski definition) is 4. The van der Waals surface area contributed by atoms with Crippen LogP contribution in [0.5, 0.6) is 0 Å². The van der Waals surface area contributed by atoms with Crippen molar-refractivity contribution >= 4 is 22.4 Å². The minimum atomic E-state index is -0.493. The molecule has 1 aliphatic carbocycles. The number of fused-ring (bicyclic) bond motifs is 1. The highest BCUT2D eigenvalue weighted by molar-refractivity contribution is 7.15. The highest BCUT2D eigenvalue weighted by atomic mass is 32.1. The van der Waals surface area contributed by atoms with Crippen molar-refractivity contribution < 1.29 is 4.79 Å². The molecule has 1 heterocycles. The number of nitrogens with zero attached hydrogens (tertiary/aromatic N) is 1. The summed E-state index contributed by atoms with van der Waals surface area (Å²) in [4.78, 5) is 18.0. The van der Waals surface area contributed by atoms with Gasteiger partial charge in [0.1, 0.15) is 0 Å². The van der Waals surface area contributed by atoms with Gasteiger partial charge >= 0.3 is 0 Å². The van der Waals surface area contributed by atoms with Gasteiger partial charge in [-0.1, -0.05) is 44.2 Å². The summed E-state index contributed by atoms with van der Waals surface area (Å²) in [6.07, 6.45) is 3.08. The predicted molar refractivity (Wildman–Crippen MR) is 94.8 cm³/mol. The van der Waals surface area contributed by atoms with Crippen molar-refractivity contribution in [2.24, 2.45) is 11.7 Å². The van der Waals surface area contributed by atoms with Gasteiger partial charge in [-0.2, -0.15) is 0 Å². The molecule has 0 radical (unpaired) electrons. The minimum absolute atomic E-state index is 0.118. The molecule has 1 unspecified atom stereocenters. The molecule has 23 heavy (non-hydrogen) atoms. The zero-order valence-electron chi connectivity index (χ0n) is 13.6. The summed E-state index contributed by atoms with van der Waals surface area (Å²) in [6.45, 7) is 3.89. The molecule has 3 N–H and O–H groups in total. The maximum absolute atomic E-state index is 12.1. The molecule has 0 bridgehead atoms. The lowest BCUT2D eigenvalue weighted by Crippen LogP contribution is -2.39. The first-order valence-corrected chi connectivity index (χ1v) is 8.96. The zero-order chi connectivity index (χ0) is 16.4. The largest absolute Gasteiger partial charge is 0.320 e. The number of aromatic nitrogens is 1. The number of thiazole rings is 1. The summed E-state index contributed by atoms with van der Waals surface area (Å²) in [5.41, 5.74) is 8.42. The first kappa shape index (κ1) is 16.1. The Kier molecular flexibility index (Phi) is 4.78. The highest BCUT2D eigenvalue weighted by Gasteiger charge is 2.25. The van der Waals surface area contributed by atoms with Gasteiger partial charge in [-0.3, -0.25) is 4.79 Å². The number of rotatable bonds is 4. The third-order valence-electron chi connectivity index (χ3n) is 4.46. The van der Waals surface area contributed by atoms with Gasteiger partial charge in [0.05, 0.1) is 11.7 Å². The van der Waals surface area contributed by atoms with Crippen molar-refractivity contribution in [1.82, 2.24) is 4.98 Å². The number of aryl methyl sites for hydroxylation is 1. The van der Waals surface area contributed by atoms with E-state index in [1.165, 1.54) is 10.4 Å². The van der Waals surface area contributed by atoms with E-state index in [2.05, 4.69) is 40.6 Å². The van der Waals surface area contributed by atoms with Gasteiger partial charge < -0.3 is 11.1 Å². The van der Waals surface area contributed by atoms with Crippen LogP contribution < -0.4 is 11.1 Å². The quantitative estimate of drug-likeness (QED) is 0.904. The lowest BCUT2D eigenvalue weighted by molar-refractivity contribution is -0.118. The molecule has 0 spiro atoms. The summed E-state index contributed by atoms with van der Waals surface area (Å²) >= 11 is 1.59. The van der Waals surface area contributed by atoms with Crippen molar-refractivity contribution in [3.63, 3.8) is 0 Å². The number of anilines is 1. The third-order valence-corrected chi connectivity index (χ3v) is 5.50. The van der Waals surface area contributed by atoms with Crippen LogP contribution in [0.15, 0.2) is 30.3 Å². The van der Waals surface area contributed by atoms with Crippen LogP contribution in [0.25, 0.3) is 0 Å². The molecule has 1 aliphatic rings. The maximum Gasteiger partial charge on any atom is 0.243 e. The van der Waals surface area contributed by atoms with Crippen LogP contribution in [0.1, 0.15) is 42.3 Å². The number of benzene rings is 1. The Morgan fingerprint density at radius 1 is 1.35 bits per heavy atom. The molecule has 122 valence electrons. The van der Waals surface area contributed by atoms with Crippen molar-refractivity contribution in [3.8, 4) is 0 Å². The van der Waals surface area contributed by atoms with E-state index >= 15 is 0 Å². The van der Waals surface area contributed by atoms with Crippen LogP contribution >= 0.6 is 11.3 Å². The molecule has 3 rings (SSSR count). The van der Waals surface area contributed by atoms with Gasteiger partial charge in [0.2, 0.25) is 5.91 Å². The second-order valence-electron chi connectivity index (χ2n) is 6.50. The van der Waals surface area contributed by atoms with Gasteiger partial charge in [-0.05, 0) is 36.7 Å². The van der Waals surface area contributed by atoms with E-state index in [0.717, 1.165) is 25.0 Å². The number of amides is 1. The van der Waals surface area contributed by atoms with Crippen LogP contribution in [0.2, 0.25) is 0 Å². The van der Waals surface area contributed by atoms with Gasteiger partial charge in [-0.25, -0.2) is 4.98 Å². The molecular formula is C18H23N3OS. The van der Waals surface area contributed by atoms with E-state index < -0.39 is 6.04 Å². The van der Waals surface area contributed by atoms with E-state index in [-0.39, 0.29) is 11.8 Å². The van der Waals surface area contributed by atoms with E-state index in [1.54, 1.807) is 11.3 Å². The first-order valence-electron chi connectivity index (χ1n) is 8.14. The fourth-order valence-electron chi connectivity index (χ4n) is 2.93. The van der Waals surface area contributed by atoms with Crippen molar-refractivity contribution in [2.45, 2.75) is 45.1 Å². The summed E-state index contributed by atoms with van der Waals surface area (Å²) in [5, 5.41) is 3.56. The van der Waals surface area contributed by atoms with Crippen molar-refractivity contribution in [1.29, 1.82) is 0 Å². The van der Waals surface area contributed by atoms with Gasteiger partial charge in [0.25, 0.3) is 0 Å². The van der Waals surface area contributed by atoms with Gasteiger partial charge in [0.15, 0.2) is 5.13 Å². The fraction of sp³-hybridized carbons (Fsp3) is 0.444. The molecule has 2 atom stereocenters. The van der Waals surface area contributed by atoms with Crippen molar-refractivity contribution in [2.75, 3.05) is 5.32 Å². The lowest BCUT2D eigenvalue weighted by atomic mass is 9.85. The minimum Gasteiger partial charge on any atom is -0.320 e. The van der Waals surface area contributed by atoms with E-state index in [4.69, 9.17) is 5.73 Å². The average Bonchev–Trinajstić information content (AvgIpc) is 2.95. The Bertz CT molecular complexity index is 681. The monoisotopic (exact) mass is 329 g/mol. The van der Waals surface area contributed by atoms with Gasteiger partial charge in [-0.15, -0.1) is 11.3 Å². The summed E-state index contributed by atoms with van der Waals surface area (Å²) in [5.74, 6) is 0.517. The van der Waals surface area contributed by atoms with E-state index in [0.29, 0.717) is 11.0 Å². The Balaban J connectivity index is 1.71. The fourth-order valence-corrected chi connectivity index (χ4v) is 4.02. The number of carbonyl (C=O) groups is 1. The van der Waals surface area contributed by atoms with Crippen LogP contribution in [-0.4, -0.2) is 16.9 Å². The van der Waals surface area contributed by atoms with Crippen LogP contribution in [0.4, 0.5) is 5.13 Å². The highest BCUT2D eigenvalue weighted by Crippen LogP contribution is 2.36. The summed E-state index contributed by atoms with van der Waals surface area (Å²) < 4.78 is 0. The second kappa shape index (κ2) is 6.81. The molecule has 0 fully saturated rings. The molecule has 0 saturated heterocycles. The molecule has 5 heteroatoms. The Morgan fingerprint density at radius 3 is 2.78 bits per heavy atom. The Hall–Kier alpha value is -1.72. The average molecular weight is 329 g/mol. The van der Waals surface area contributed by atoms with Crippen LogP contribution in [0.3, 0.4) is 0 Å². The Labute approximate surface area is 141 Å². The number of hydrogen-bond donors (Lipinski definition) is 2. The van der Waals surface area contributed by atoms with Crippen LogP contribution in [0, 0.1) is 5.92 Å². The number of nitrogens with two attached hydrogens (primary N) is 1. The molecule has 4 nitrogen and oxygen atoms in total. The molecule has 1 amide bonds. The first-order chi connectivity index (χ1) is 11.0. The molecule has 2 aromatic rings. The van der Waals surface area contributed by atoms with Crippen molar-refractivity contribution in [3.05, 3.63) is 46.5 Å². The summed E-state index contributed by atoms with van der Waals surface area (Å²) in [7, 11) is 0. The summed E-state index contributed by atoms with van der Waals surface area (Å²) in [6, 6.07) is 10.1. The topological polar surface area (TPSA) is 68.0 Å². The smallest absolute Gasteiger partial charge is 0.243 e. The number of carbonyl (C=O) groups excluding carboxylic acids is 1. The molecule has 0 saturated carbocycles. The SMILES string of the molecule is CC(C)[C@H](N)C(=O)Nc1nc2c(s1)CC(c1ccccc1)CC2. The molecule has 1 aromatic carbocycles. The molecule has 1 aromatic heterocycles. The maximum atomic E-state index is 12.1. The van der Waals surface area contributed by atoms with Gasteiger partial charge in [0, 0.05) is 4.88 Å². The number of nitrogens with one attached hydrogen (secondary N) is 1. The zero-order valence-corrected chi connectivity index (χ0v) is 14.4. The Morgan fingerprint density at radius 2 is 2.09 bits per heavy atom. The molecule has 0 aliphatic heterocycles. The van der Waals surface area contributed by atoms with Crippen LogP contribution in [-0.2, 0) is 17.6 Å². The standard InChI is InChI=1S/C18H23N3OS/c1-11(2)16(19)17(22)21-18-20-14-9-8-13(10-15(14)23-18)12-6-4-3-5-7-12/h3-7,11,13,16H,8-10,19H2,1-2H3,(H,20,21,22)/t13?,16-/m0/s1. The molecular weight excluding hydrogens is 306 g/mol. The normalized spacial score (nSPS) is 18.5. The van der Waals surface area contributed by atoms with E-state index in [1.807, 2.05) is 13.8 Å².